The van der Waals surface area contributed by atoms with Crippen LogP contribution in [-0.2, 0) is 25.4 Å². The lowest BCUT2D eigenvalue weighted by Gasteiger charge is -2.44. The summed E-state index contributed by atoms with van der Waals surface area (Å²) < 4.78 is 18.7. The van der Waals surface area contributed by atoms with Gasteiger partial charge in [-0.05, 0) is 36.1 Å². The van der Waals surface area contributed by atoms with Crippen LogP contribution >= 0.6 is 0 Å². The standard InChI is InChI=1S/C24H26O3/c1-17(2)23(21-15-25-21,19-11-7-5-8-12-19)27-24(18(3)4,22-16-26-22)20-13-9-6-10-14-20/h5-14,21-22H,1,3,15-16H2,2,4H3. The summed E-state index contributed by atoms with van der Waals surface area (Å²) >= 11 is 0. The molecule has 0 spiro atoms. The van der Waals surface area contributed by atoms with E-state index >= 15 is 0 Å². The molecular weight excluding hydrogens is 336 g/mol. The summed E-state index contributed by atoms with van der Waals surface area (Å²) in [6.07, 6.45) is -0.142. The fourth-order valence-electron chi connectivity index (χ4n) is 4.03. The number of epoxide rings is 2. The van der Waals surface area contributed by atoms with E-state index in [1.165, 1.54) is 0 Å². The van der Waals surface area contributed by atoms with Crippen LogP contribution in [0.2, 0.25) is 0 Å². The van der Waals surface area contributed by atoms with E-state index in [0.717, 1.165) is 22.3 Å². The highest BCUT2D eigenvalue weighted by Crippen LogP contribution is 2.53. The molecule has 140 valence electrons. The van der Waals surface area contributed by atoms with E-state index < -0.39 is 11.2 Å². The van der Waals surface area contributed by atoms with Gasteiger partial charge in [0, 0.05) is 0 Å². The summed E-state index contributed by atoms with van der Waals surface area (Å²) in [5.41, 5.74) is 2.39. The molecule has 2 aromatic rings. The van der Waals surface area contributed by atoms with E-state index in [-0.39, 0.29) is 12.2 Å². The van der Waals surface area contributed by atoms with Gasteiger partial charge >= 0.3 is 0 Å². The highest BCUT2D eigenvalue weighted by Gasteiger charge is 2.59. The highest BCUT2D eigenvalue weighted by molar-refractivity contribution is 5.40. The molecular formula is C24H26O3. The molecule has 0 amide bonds. The van der Waals surface area contributed by atoms with Gasteiger partial charge in [0.2, 0.25) is 0 Å². The van der Waals surface area contributed by atoms with Crippen molar-refractivity contribution in [3.05, 3.63) is 96.1 Å². The molecule has 0 N–H and O–H groups in total. The minimum Gasteiger partial charge on any atom is -0.369 e. The van der Waals surface area contributed by atoms with E-state index in [4.69, 9.17) is 14.2 Å². The number of rotatable bonds is 8. The summed E-state index contributed by atoms with van der Waals surface area (Å²) in [5.74, 6) is 0. The van der Waals surface area contributed by atoms with Gasteiger partial charge < -0.3 is 14.2 Å². The molecule has 0 aliphatic carbocycles. The molecule has 0 aromatic heterocycles. The number of hydrogen-bond donors (Lipinski definition) is 0. The molecule has 2 aliphatic heterocycles. The average Bonchev–Trinajstić information content (AvgIpc) is 3.57. The Labute approximate surface area is 161 Å². The summed E-state index contributed by atoms with van der Waals surface area (Å²) in [6, 6.07) is 20.4. The maximum Gasteiger partial charge on any atom is 0.144 e. The summed E-state index contributed by atoms with van der Waals surface area (Å²) in [7, 11) is 0. The Balaban J connectivity index is 1.90. The van der Waals surface area contributed by atoms with Gasteiger partial charge in [-0.3, -0.25) is 0 Å². The first-order valence-electron chi connectivity index (χ1n) is 9.38. The van der Waals surface area contributed by atoms with Crippen molar-refractivity contribution in [1.82, 2.24) is 0 Å². The number of hydrogen-bond acceptors (Lipinski definition) is 3. The third-order valence-electron chi connectivity index (χ3n) is 5.57. The van der Waals surface area contributed by atoms with Gasteiger partial charge in [0.1, 0.15) is 23.4 Å². The SMILES string of the molecule is C=C(C)C(OC(C(=C)C)(c1ccccc1)C1CO1)(c1ccccc1)C1CO1. The Morgan fingerprint density at radius 3 is 1.37 bits per heavy atom. The van der Waals surface area contributed by atoms with Crippen molar-refractivity contribution in [2.45, 2.75) is 37.3 Å². The fraction of sp³-hybridized carbons (Fsp3) is 0.333. The average molecular weight is 362 g/mol. The van der Waals surface area contributed by atoms with Crippen LogP contribution in [0, 0.1) is 0 Å². The summed E-state index contributed by atoms with van der Waals surface area (Å²) in [5, 5.41) is 0. The molecule has 4 rings (SSSR count). The van der Waals surface area contributed by atoms with Crippen molar-refractivity contribution >= 4 is 0 Å². The Morgan fingerprint density at radius 1 is 0.778 bits per heavy atom. The second kappa shape index (κ2) is 6.75. The van der Waals surface area contributed by atoms with Gasteiger partial charge in [0.05, 0.1) is 13.2 Å². The Hall–Kier alpha value is -2.20. The third-order valence-corrected chi connectivity index (χ3v) is 5.57. The van der Waals surface area contributed by atoms with Gasteiger partial charge in [-0.2, -0.15) is 0 Å². The lowest BCUT2D eigenvalue weighted by atomic mass is 9.79. The highest BCUT2D eigenvalue weighted by atomic mass is 16.6. The van der Waals surface area contributed by atoms with Crippen LogP contribution in [0.5, 0.6) is 0 Å². The predicted octanol–water partition coefficient (Wildman–Crippen LogP) is 4.74. The first kappa shape index (κ1) is 18.2. The van der Waals surface area contributed by atoms with Gasteiger partial charge in [0.15, 0.2) is 0 Å². The van der Waals surface area contributed by atoms with Crippen LogP contribution in [0.1, 0.15) is 25.0 Å². The topological polar surface area (TPSA) is 34.3 Å². The lowest BCUT2D eigenvalue weighted by Crippen LogP contribution is -2.49. The number of benzene rings is 2. The lowest BCUT2D eigenvalue weighted by molar-refractivity contribution is -0.151. The van der Waals surface area contributed by atoms with Crippen molar-refractivity contribution in [2.24, 2.45) is 0 Å². The van der Waals surface area contributed by atoms with Gasteiger partial charge in [-0.25, -0.2) is 0 Å². The van der Waals surface area contributed by atoms with Crippen molar-refractivity contribution in [3.8, 4) is 0 Å². The van der Waals surface area contributed by atoms with Crippen LogP contribution in [-0.4, -0.2) is 25.4 Å². The van der Waals surface area contributed by atoms with E-state index in [9.17, 15) is 0 Å². The fourth-order valence-corrected chi connectivity index (χ4v) is 4.03. The number of ether oxygens (including phenoxy) is 3. The van der Waals surface area contributed by atoms with Crippen molar-refractivity contribution in [1.29, 1.82) is 0 Å². The van der Waals surface area contributed by atoms with E-state index in [1.54, 1.807) is 0 Å². The largest absolute Gasteiger partial charge is 0.369 e. The first-order chi connectivity index (χ1) is 13.0. The maximum atomic E-state index is 7.12. The van der Waals surface area contributed by atoms with Crippen molar-refractivity contribution < 1.29 is 14.2 Å². The molecule has 2 heterocycles. The normalized spacial score (nSPS) is 25.1. The monoisotopic (exact) mass is 362 g/mol. The Kier molecular flexibility index (Phi) is 4.55. The predicted molar refractivity (Wildman–Crippen MR) is 106 cm³/mol. The van der Waals surface area contributed by atoms with Crippen LogP contribution in [0.3, 0.4) is 0 Å². The molecule has 2 aliphatic rings. The molecule has 0 saturated carbocycles. The minimum atomic E-state index is -0.762. The zero-order chi connectivity index (χ0) is 19.1. The zero-order valence-electron chi connectivity index (χ0n) is 16.0. The first-order valence-corrected chi connectivity index (χ1v) is 9.38. The van der Waals surface area contributed by atoms with E-state index in [2.05, 4.69) is 37.4 Å². The van der Waals surface area contributed by atoms with E-state index in [1.807, 2.05) is 50.2 Å². The Morgan fingerprint density at radius 2 is 1.11 bits per heavy atom. The molecule has 3 nitrogen and oxygen atoms in total. The molecule has 27 heavy (non-hydrogen) atoms. The molecule has 3 heteroatoms. The molecule has 4 atom stereocenters. The van der Waals surface area contributed by atoms with Gasteiger partial charge in [-0.15, -0.1) is 0 Å². The van der Waals surface area contributed by atoms with Crippen LogP contribution in [0.15, 0.2) is 85.0 Å². The van der Waals surface area contributed by atoms with Gasteiger partial charge in [0.25, 0.3) is 0 Å². The van der Waals surface area contributed by atoms with Crippen LogP contribution in [0.25, 0.3) is 0 Å². The minimum absolute atomic E-state index is 0.0708. The summed E-state index contributed by atoms with van der Waals surface area (Å²) in [6.45, 7) is 13.9. The second-order valence-electron chi connectivity index (χ2n) is 7.51. The molecule has 2 fully saturated rings. The molecule has 0 radical (unpaired) electrons. The zero-order valence-corrected chi connectivity index (χ0v) is 16.0. The van der Waals surface area contributed by atoms with E-state index in [0.29, 0.717) is 13.2 Å². The Bertz CT molecular complexity index is 765. The molecule has 2 saturated heterocycles. The third kappa shape index (κ3) is 2.96. The summed E-state index contributed by atoms with van der Waals surface area (Å²) in [4.78, 5) is 0. The second-order valence-corrected chi connectivity index (χ2v) is 7.51. The van der Waals surface area contributed by atoms with Gasteiger partial charge in [-0.1, -0.05) is 73.8 Å². The van der Waals surface area contributed by atoms with Crippen molar-refractivity contribution in [2.75, 3.05) is 13.2 Å². The molecule has 0 bridgehead atoms. The smallest absolute Gasteiger partial charge is 0.144 e. The maximum absolute atomic E-state index is 7.12. The van der Waals surface area contributed by atoms with Crippen molar-refractivity contribution in [3.63, 3.8) is 0 Å². The van der Waals surface area contributed by atoms with Crippen LogP contribution < -0.4 is 0 Å². The molecule has 2 aromatic carbocycles. The molecule has 4 unspecified atom stereocenters. The quantitative estimate of drug-likeness (QED) is 0.502. The van der Waals surface area contributed by atoms with Crippen LogP contribution in [0.4, 0.5) is 0 Å².